The van der Waals surface area contributed by atoms with E-state index in [9.17, 15) is 31.5 Å². The minimum Gasteiger partial charge on any atom is -0.481 e. The number of amides is 1. The number of hydrogen-bond donors (Lipinski definition) is 1. The Hall–Kier alpha value is -1.41. The number of carboxylic acids is 1. The molecule has 104 valence electrons. The van der Waals surface area contributed by atoms with Crippen LogP contribution < -0.4 is 0 Å². The van der Waals surface area contributed by atoms with Crippen molar-refractivity contribution in [3.05, 3.63) is 0 Å². The Balaban J connectivity index is 2.82. The summed E-state index contributed by atoms with van der Waals surface area (Å²) in [6.45, 7) is -0.923. The lowest BCUT2D eigenvalue weighted by atomic mass is 9.98. The summed E-state index contributed by atoms with van der Waals surface area (Å²) in [7, 11) is 0. The van der Waals surface area contributed by atoms with Gasteiger partial charge in [0, 0.05) is 13.1 Å². The summed E-state index contributed by atoms with van der Waals surface area (Å²) >= 11 is 0. The topological polar surface area (TPSA) is 57.6 Å². The van der Waals surface area contributed by atoms with Gasteiger partial charge in [0.1, 0.15) is 0 Å². The summed E-state index contributed by atoms with van der Waals surface area (Å²) in [6.07, 6.45) is -5.74. The molecule has 0 aromatic rings. The lowest BCUT2D eigenvalue weighted by Crippen LogP contribution is -2.55. The maximum Gasteiger partial charge on any atom is 0.463 e. The van der Waals surface area contributed by atoms with E-state index in [1.807, 2.05) is 0 Å². The summed E-state index contributed by atoms with van der Waals surface area (Å²) in [4.78, 5) is 22.0. The van der Waals surface area contributed by atoms with Crippen molar-refractivity contribution in [2.45, 2.75) is 24.9 Å². The van der Waals surface area contributed by atoms with Crippen molar-refractivity contribution in [2.24, 2.45) is 5.92 Å². The molecule has 0 aromatic carbocycles. The zero-order valence-corrected chi connectivity index (χ0v) is 9.01. The van der Waals surface area contributed by atoms with Gasteiger partial charge in [-0.25, -0.2) is 0 Å². The zero-order chi connectivity index (χ0) is 14.1. The normalized spacial score (nSPS) is 21.8. The molecule has 0 spiro atoms. The standard InChI is InChI=1S/C9H10F5NO3/c10-8(11,9(12,13)14)7(18)15-3-1-2-5(4-15)6(16)17/h5H,1-4H2,(H,16,17). The van der Waals surface area contributed by atoms with Gasteiger partial charge in [-0.2, -0.15) is 22.0 Å². The number of hydrogen-bond acceptors (Lipinski definition) is 2. The van der Waals surface area contributed by atoms with Crippen LogP contribution in [-0.4, -0.2) is 47.1 Å². The van der Waals surface area contributed by atoms with Crippen LogP contribution in [0.15, 0.2) is 0 Å². The number of rotatable bonds is 2. The maximum atomic E-state index is 12.8. The minimum absolute atomic E-state index is 0.0800. The Bertz CT molecular complexity index is 355. The molecule has 1 atom stereocenters. The van der Waals surface area contributed by atoms with E-state index in [-0.39, 0.29) is 24.3 Å². The van der Waals surface area contributed by atoms with Gasteiger partial charge in [-0.05, 0) is 12.8 Å². The molecule has 1 amide bonds. The molecule has 0 saturated carbocycles. The highest BCUT2D eigenvalue weighted by Gasteiger charge is 2.64. The van der Waals surface area contributed by atoms with Crippen molar-refractivity contribution in [3.8, 4) is 0 Å². The summed E-state index contributed by atoms with van der Waals surface area (Å²) in [5, 5.41) is 8.65. The first-order valence-electron chi connectivity index (χ1n) is 5.04. The van der Waals surface area contributed by atoms with Gasteiger partial charge in [-0.1, -0.05) is 0 Å². The van der Waals surface area contributed by atoms with Crippen LogP contribution in [0.25, 0.3) is 0 Å². The van der Waals surface area contributed by atoms with Crippen molar-refractivity contribution in [1.29, 1.82) is 0 Å². The number of nitrogens with zero attached hydrogens (tertiary/aromatic N) is 1. The molecule has 0 bridgehead atoms. The molecule has 0 aliphatic carbocycles. The van der Waals surface area contributed by atoms with E-state index in [0.717, 1.165) is 0 Å². The molecule has 18 heavy (non-hydrogen) atoms. The smallest absolute Gasteiger partial charge is 0.463 e. The van der Waals surface area contributed by atoms with E-state index < -0.39 is 36.4 Å². The third kappa shape index (κ3) is 2.70. The summed E-state index contributed by atoms with van der Waals surface area (Å²) in [5.74, 6) is -10.3. The average molecular weight is 275 g/mol. The molecular weight excluding hydrogens is 265 g/mol. The van der Waals surface area contributed by atoms with E-state index in [4.69, 9.17) is 5.11 Å². The van der Waals surface area contributed by atoms with Crippen LogP contribution in [0.5, 0.6) is 0 Å². The molecule has 1 saturated heterocycles. The predicted octanol–water partition coefficient (Wildman–Crippen LogP) is 1.51. The van der Waals surface area contributed by atoms with Gasteiger partial charge in [0.15, 0.2) is 0 Å². The first-order chi connectivity index (χ1) is 8.07. The van der Waals surface area contributed by atoms with E-state index in [1.165, 1.54) is 0 Å². The van der Waals surface area contributed by atoms with Gasteiger partial charge >= 0.3 is 24.0 Å². The number of aliphatic carboxylic acids is 1. The van der Waals surface area contributed by atoms with Crippen molar-refractivity contribution in [3.63, 3.8) is 0 Å². The third-order valence-corrected chi connectivity index (χ3v) is 2.68. The predicted molar refractivity (Wildman–Crippen MR) is 47.9 cm³/mol. The SMILES string of the molecule is O=C(O)C1CCCN(C(=O)C(F)(F)C(F)(F)F)C1. The number of carbonyl (C=O) groups is 2. The van der Waals surface area contributed by atoms with Crippen molar-refractivity contribution >= 4 is 11.9 Å². The fourth-order valence-corrected chi connectivity index (χ4v) is 1.68. The second-order valence-electron chi connectivity index (χ2n) is 4.00. The van der Waals surface area contributed by atoms with Gasteiger partial charge < -0.3 is 10.0 Å². The Labute approximate surface area is 98.4 Å². The van der Waals surface area contributed by atoms with E-state index in [1.54, 1.807) is 0 Å². The van der Waals surface area contributed by atoms with Gasteiger partial charge in [-0.15, -0.1) is 0 Å². The number of alkyl halides is 5. The zero-order valence-electron chi connectivity index (χ0n) is 9.01. The monoisotopic (exact) mass is 275 g/mol. The third-order valence-electron chi connectivity index (χ3n) is 2.68. The molecule has 1 aliphatic rings. The first-order valence-corrected chi connectivity index (χ1v) is 5.04. The largest absolute Gasteiger partial charge is 0.481 e. The summed E-state index contributed by atoms with van der Waals surface area (Å²) < 4.78 is 61.5. The molecule has 9 heteroatoms. The minimum atomic E-state index is -5.97. The Morgan fingerprint density at radius 3 is 2.17 bits per heavy atom. The van der Waals surface area contributed by atoms with Crippen molar-refractivity contribution in [2.75, 3.05) is 13.1 Å². The molecular formula is C9H10F5NO3. The number of carboxylic acid groups (broad SMARTS) is 1. The highest BCUT2D eigenvalue weighted by Crippen LogP contribution is 2.37. The van der Waals surface area contributed by atoms with Gasteiger partial charge in [0.2, 0.25) is 0 Å². The quantitative estimate of drug-likeness (QED) is 0.777. The molecule has 0 aromatic heterocycles. The maximum absolute atomic E-state index is 12.8. The summed E-state index contributed by atoms with van der Waals surface area (Å²) in [5.41, 5.74) is 0. The highest BCUT2D eigenvalue weighted by molar-refractivity contribution is 5.85. The number of likely N-dealkylation sites (tertiary alicyclic amines) is 1. The van der Waals surface area contributed by atoms with Crippen molar-refractivity contribution < 1.29 is 36.6 Å². The highest BCUT2D eigenvalue weighted by atomic mass is 19.4. The lowest BCUT2D eigenvalue weighted by molar-refractivity contribution is -0.274. The molecule has 4 nitrogen and oxygen atoms in total. The Kier molecular flexibility index (Phi) is 3.82. The first kappa shape index (κ1) is 14.7. The molecule has 1 fully saturated rings. The van der Waals surface area contributed by atoms with Crippen LogP contribution in [0.4, 0.5) is 22.0 Å². The second-order valence-corrected chi connectivity index (χ2v) is 4.00. The second kappa shape index (κ2) is 4.69. The molecule has 1 rings (SSSR count). The van der Waals surface area contributed by atoms with Gasteiger partial charge in [-0.3, -0.25) is 9.59 Å². The van der Waals surface area contributed by atoms with Gasteiger partial charge in [0.25, 0.3) is 0 Å². The van der Waals surface area contributed by atoms with E-state index in [2.05, 4.69) is 0 Å². The Morgan fingerprint density at radius 1 is 1.17 bits per heavy atom. The number of halogens is 5. The van der Waals surface area contributed by atoms with Crippen molar-refractivity contribution in [1.82, 2.24) is 4.90 Å². The van der Waals surface area contributed by atoms with E-state index in [0.29, 0.717) is 0 Å². The number of piperidine rings is 1. The van der Waals surface area contributed by atoms with Crippen LogP contribution in [0, 0.1) is 5.92 Å². The van der Waals surface area contributed by atoms with Crippen LogP contribution in [-0.2, 0) is 9.59 Å². The van der Waals surface area contributed by atoms with Crippen LogP contribution in [0.1, 0.15) is 12.8 Å². The molecule has 1 heterocycles. The lowest BCUT2D eigenvalue weighted by Gasteiger charge is -2.33. The number of carbonyl (C=O) groups excluding carboxylic acids is 1. The molecule has 1 unspecified atom stereocenters. The van der Waals surface area contributed by atoms with Crippen LogP contribution in [0.3, 0.4) is 0 Å². The Morgan fingerprint density at radius 2 is 1.72 bits per heavy atom. The fourth-order valence-electron chi connectivity index (χ4n) is 1.68. The molecule has 1 N–H and O–H groups in total. The van der Waals surface area contributed by atoms with Crippen LogP contribution in [0.2, 0.25) is 0 Å². The molecule has 0 radical (unpaired) electrons. The summed E-state index contributed by atoms with van der Waals surface area (Å²) in [6, 6.07) is 0. The van der Waals surface area contributed by atoms with Crippen LogP contribution >= 0.6 is 0 Å². The molecule has 1 aliphatic heterocycles. The van der Waals surface area contributed by atoms with E-state index >= 15 is 0 Å². The van der Waals surface area contributed by atoms with Gasteiger partial charge in [0.05, 0.1) is 5.92 Å². The fraction of sp³-hybridized carbons (Fsp3) is 0.778. The average Bonchev–Trinajstić information content (AvgIpc) is 2.26.